The third kappa shape index (κ3) is 3.96. The van der Waals surface area contributed by atoms with E-state index in [1.54, 1.807) is 5.19 Å². The zero-order valence-corrected chi connectivity index (χ0v) is 16.6. The molecule has 0 aliphatic heterocycles. The van der Waals surface area contributed by atoms with E-state index in [2.05, 4.69) is 37.3 Å². The Kier molecular flexibility index (Phi) is 6.97. The lowest BCUT2D eigenvalue weighted by atomic mass is 9.99. The molecule has 0 unspecified atom stereocenters. The molecule has 0 N–H and O–H groups in total. The number of benzene rings is 1. The van der Waals surface area contributed by atoms with Gasteiger partial charge in [0.25, 0.3) is 0 Å². The molecule has 2 aliphatic carbocycles. The van der Waals surface area contributed by atoms with Crippen molar-refractivity contribution in [3.8, 4) is 0 Å². The summed E-state index contributed by atoms with van der Waals surface area (Å²) in [5.74, 6) is 0. The van der Waals surface area contributed by atoms with Gasteiger partial charge in [-0.05, 0) is 22.7 Å². The number of hydrogen-bond donors (Lipinski definition) is 0. The van der Waals surface area contributed by atoms with E-state index in [9.17, 15) is 0 Å². The molecule has 1 aromatic rings. The van der Waals surface area contributed by atoms with Gasteiger partial charge in [0.2, 0.25) is 8.32 Å². The first-order valence-electron chi connectivity index (χ1n) is 10.6. The summed E-state index contributed by atoms with van der Waals surface area (Å²) < 4.78 is 7.07. The van der Waals surface area contributed by atoms with Crippen LogP contribution in [-0.2, 0) is 4.43 Å². The molecule has 0 atom stereocenters. The van der Waals surface area contributed by atoms with E-state index in [-0.39, 0.29) is 0 Å². The van der Waals surface area contributed by atoms with Crippen LogP contribution in [0.4, 0.5) is 0 Å². The second-order valence-electron chi connectivity index (χ2n) is 8.03. The van der Waals surface area contributed by atoms with E-state index in [1.807, 2.05) is 0 Å². The summed E-state index contributed by atoms with van der Waals surface area (Å²) >= 11 is 0. The Labute approximate surface area is 150 Å². The van der Waals surface area contributed by atoms with Crippen molar-refractivity contribution in [3.63, 3.8) is 0 Å². The van der Waals surface area contributed by atoms with E-state index >= 15 is 0 Å². The minimum Gasteiger partial charge on any atom is -0.412 e. The molecule has 134 valence electrons. The van der Waals surface area contributed by atoms with E-state index in [1.165, 1.54) is 77.0 Å². The van der Waals surface area contributed by atoms with E-state index in [0.29, 0.717) is 0 Å². The average molecular weight is 345 g/mol. The van der Waals surface area contributed by atoms with Crippen molar-refractivity contribution >= 4 is 13.5 Å². The monoisotopic (exact) mass is 344 g/mol. The van der Waals surface area contributed by atoms with Crippen LogP contribution in [0, 0.1) is 0 Å². The van der Waals surface area contributed by atoms with Gasteiger partial charge in [-0.2, -0.15) is 0 Å². The molecule has 2 saturated carbocycles. The largest absolute Gasteiger partial charge is 0.412 e. The van der Waals surface area contributed by atoms with Crippen LogP contribution in [0.3, 0.4) is 0 Å². The van der Waals surface area contributed by atoms with Gasteiger partial charge in [0, 0.05) is 6.61 Å². The molecule has 0 amide bonds. The van der Waals surface area contributed by atoms with Crippen LogP contribution in [-0.4, -0.2) is 14.9 Å². The predicted molar refractivity (Wildman–Crippen MR) is 106 cm³/mol. The topological polar surface area (TPSA) is 9.23 Å². The third-order valence-electron chi connectivity index (χ3n) is 6.49. The normalized spacial score (nSPS) is 21.0. The first-order chi connectivity index (χ1) is 11.9. The molecular weight excluding hydrogens is 308 g/mol. The first-order valence-corrected chi connectivity index (χ1v) is 12.6. The molecule has 0 saturated heterocycles. The molecule has 0 heterocycles. The zero-order chi connectivity index (χ0) is 16.7. The van der Waals surface area contributed by atoms with Crippen LogP contribution in [0.25, 0.3) is 0 Å². The van der Waals surface area contributed by atoms with Gasteiger partial charge in [0.15, 0.2) is 0 Å². The Bertz CT molecular complexity index is 442. The van der Waals surface area contributed by atoms with Gasteiger partial charge in [0.05, 0.1) is 0 Å². The summed E-state index contributed by atoms with van der Waals surface area (Å²) in [6.45, 7) is 3.28. The van der Waals surface area contributed by atoms with Crippen molar-refractivity contribution in [1.29, 1.82) is 0 Å². The van der Waals surface area contributed by atoms with Crippen molar-refractivity contribution in [2.24, 2.45) is 0 Å². The molecule has 3 rings (SSSR count). The zero-order valence-electron chi connectivity index (χ0n) is 15.6. The van der Waals surface area contributed by atoms with Crippen LogP contribution >= 0.6 is 0 Å². The van der Waals surface area contributed by atoms with Gasteiger partial charge < -0.3 is 4.43 Å². The van der Waals surface area contributed by atoms with Gasteiger partial charge in [-0.1, -0.05) is 108 Å². The maximum absolute atomic E-state index is 7.07. The lowest BCUT2D eigenvalue weighted by Crippen LogP contribution is -2.59. The summed E-state index contributed by atoms with van der Waals surface area (Å²) in [5.41, 5.74) is 1.71. The SMILES string of the molecule is CCCCO[Si](c1ccccc1)(C1CCCCC1)C1CCCCC1. The Morgan fingerprint density at radius 2 is 1.38 bits per heavy atom. The first kappa shape index (κ1) is 18.2. The van der Waals surface area contributed by atoms with Crippen LogP contribution < -0.4 is 5.19 Å². The van der Waals surface area contributed by atoms with Gasteiger partial charge in [-0.15, -0.1) is 0 Å². The fourth-order valence-electron chi connectivity index (χ4n) is 5.27. The average Bonchev–Trinajstić information content (AvgIpc) is 2.68. The molecule has 2 aliphatic rings. The van der Waals surface area contributed by atoms with Crippen molar-refractivity contribution in [3.05, 3.63) is 30.3 Å². The Morgan fingerprint density at radius 1 is 0.833 bits per heavy atom. The van der Waals surface area contributed by atoms with Crippen molar-refractivity contribution in [2.45, 2.75) is 95.1 Å². The van der Waals surface area contributed by atoms with Gasteiger partial charge in [-0.3, -0.25) is 0 Å². The molecule has 0 spiro atoms. The minimum atomic E-state index is -1.91. The second-order valence-corrected chi connectivity index (χ2v) is 12.1. The van der Waals surface area contributed by atoms with Gasteiger partial charge in [0.1, 0.15) is 0 Å². The maximum atomic E-state index is 7.07. The minimum absolute atomic E-state index is 0.855. The van der Waals surface area contributed by atoms with E-state index in [4.69, 9.17) is 4.43 Å². The van der Waals surface area contributed by atoms with E-state index in [0.717, 1.165) is 17.7 Å². The molecule has 24 heavy (non-hydrogen) atoms. The second kappa shape index (κ2) is 9.19. The lowest BCUT2D eigenvalue weighted by Gasteiger charge is -2.47. The molecular formula is C22H36OSi. The number of unbranched alkanes of at least 4 members (excludes halogenated alkanes) is 1. The third-order valence-corrected chi connectivity index (χ3v) is 12.0. The van der Waals surface area contributed by atoms with Crippen molar-refractivity contribution in [1.82, 2.24) is 0 Å². The van der Waals surface area contributed by atoms with Crippen LogP contribution in [0.1, 0.15) is 84.0 Å². The summed E-state index contributed by atoms with van der Waals surface area (Å²) in [7, 11) is -1.91. The van der Waals surface area contributed by atoms with Crippen LogP contribution in [0.5, 0.6) is 0 Å². The van der Waals surface area contributed by atoms with Gasteiger partial charge >= 0.3 is 0 Å². The highest BCUT2D eigenvalue weighted by molar-refractivity contribution is 6.89. The highest BCUT2D eigenvalue weighted by atomic mass is 28.4. The molecule has 2 fully saturated rings. The van der Waals surface area contributed by atoms with Crippen molar-refractivity contribution < 1.29 is 4.43 Å². The predicted octanol–water partition coefficient (Wildman–Crippen LogP) is 6.32. The standard InChI is InChI=1S/C22H36OSi/c1-2-3-19-23-24(20-13-7-4-8-14-20,21-15-9-5-10-16-21)22-17-11-6-12-18-22/h4,7-8,13-14,21-22H,2-3,5-6,9-12,15-19H2,1H3. The van der Waals surface area contributed by atoms with Crippen LogP contribution in [0.15, 0.2) is 30.3 Å². The number of rotatable bonds is 7. The molecule has 0 radical (unpaired) electrons. The molecule has 1 aromatic carbocycles. The molecule has 1 nitrogen and oxygen atoms in total. The summed E-state index contributed by atoms with van der Waals surface area (Å²) in [5, 5.41) is 1.61. The highest BCUT2D eigenvalue weighted by Crippen LogP contribution is 2.48. The maximum Gasteiger partial charge on any atom is 0.230 e. The Hall–Kier alpha value is -0.603. The van der Waals surface area contributed by atoms with E-state index < -0.39 is 8.32 Å². The molecule has 0 aromatic heterocycles. The summed E-state index contributed by atoms with van der Waals surface area (Å²) in [6, 6.07) is 11.5. The Morgan fingerprint density at radius 3 is 1.88 bits per heavy atom. The highest BCUT2D eigenvalue weighted by Gasteiger charge is 2.51. The summed E-state index contributed by atoms with van der Waals surface area (Å²) in [6.07, 6.45) is 16.7. The smallest absolute Gasteiger partial charge is 0.230 e. The Balaban J connectivity index is 1.96. The van der Waals surface area contributed by atoms with Crippen LogP contribution in [0.2, 0.25) is 11.1 Å². The lowest BCUT2D eigenvalue weighted by molar-refractivity contribution is 0.262. The molecule has 2 heteroatoms. The summed E-state index contributed by atoms with van der Waals surface area (Å²) in [4.78, 5) is 0. The van der Waals surface area contributed by atoms with Gasteiger partial charge in [-0.25, -0.2) is 0 Å². The van der Waals surface area contributed by atoms with Crippen molar-refractivity contribution in [2.75, 3.05) is 6.61 Å². The number of hydrogen-bond acceptors (Lipinski definition) is 1. The molecule has 0 bridgehead atoms. The fraction of sp³-hybridized carbons (Fsp3) is 0.727. The quantitative estimate of drug-likeness (QED) is 0.415. The fourth-order valence-corrected chi connectivity index (χ4v) is 11.2.